The first kappa shape index (κ1) is 13.9. The lowest BCUT2D eigenvalue weighted by molar-refractivity contribution is 0.104. The lowest BCUT2D eigenvalue weighted by Gasteiger charge is -2.01. The van der Waals surface area contributed by atoms with E-state index < -0.39 is 0 Å². The molecule has 0 radical (unpaired) electrons. The van der Waals surface area contributed by atoms with E-state index >= 15 is 0 Å². The van der Waals surface area contributed by atoms with E-state index in [2.05, 4.69) is 0 Å². The lowest BCUT2D eigenvalue weighted by Crippen LogP contribution is -1.99. The Balaban J connectivity index is 1.93. The van der Waals surface area contributed by atoms with Gasteiger partial charge in [-0.25, -0.2) is 4.39 Å². The molecule has 0 saturated carbocycles. The van der Waals surface area contributed by atoms with E-state index in [4.69, 9.17) is 11.6 Å². The molecule has 4 rings (SSSR count). The number of ketones is 1. The first-order valence-corrected chi connectivity index (χ1v) is 8.61. The molecule has 0 atom stereocenters. The second-order valence-electron chi connectivity index (χ2n) is 4.85. The van der Waals surface area contributed by atoms with Crippen LogP contribution in [0.25, 0.3) is 20.2 Å². The van der Waals surface area contributed by atoms with Gasteiger partial charge in [-0.1, -0.05) is 23.7 Å². The summed E-state index contributed by atoms with van der Waals surface area (Å²) in [6.45, 7) is 0. The summed E-state index contributed by atoms with van der Waals surface area (Å²) in [7, 11) is 0. The Morgan fingerprint density at radius 3 is 2.77 bits per heavy atom. The third kappa shape index (κ3) is 2.07. The average Bonchev–Trinajstić information content (AvgIpc) is 3.11. The summed E-state index contributed by atoms with van der Waals surface area (Å²) < 4.78 is 15.1. The molecular formula is C17H8ClFOS2. The molecule has 0 fully saturated rings. The topological polar surface area (TPSA) is 17.1 Å². The van der Waals surface area contributed by atoms with E-state index in [1.807, 2.05) is 23.6 Å². The predicted molar refractivity (Wildman–Crippen MR) is 92.1 cm³/mol. The van der Waals surface area contributed by atoms with Gasteiger partial charge in [-0.05, 0) is 35.7 Å². The minimum Gasteiger partial charge on any atom is -0.288 e. The number of benzene rings is 2. The Labute approximate surface area is 138 Å². The molecular weight excluding hydrogens is 339 g/mol. The third-order valence-electron chi connectivity index (χ3n) is 3.54. The second-order valence-corrected chi connectivity index (χ2v) is 7.23. The van der Waals surface area contributed by atoms with Crippen molar-refractivity contribution in [1.29, 1.82) is 0 Å². The van der Waals surface area contributed by atoms with Gasteiger partial charge in [0.1, 0.15) is 5.82 Å². The van der Waals surface area contributed by atoms with E-state index in [0.717, 1.165) is 10.1 Å². The zero-order valence-corrected chi connectivity index (χ0v) is 13.5. The molecule has 0 saturated heterocycles. The maximum Gasteiger partial charge on any atom is 0.205 e. The zero-order valence-electron chi connectivity index (χ0n) is 11.1. The average molecular weight is 347 g/mol. The fourth-order valence-corrected chi connectivity index (χ4v) is 4.81. The molecule has 22 heavy (non-hydrogen) atoms. The van der Waals surface area contributed by atoms with Gasteiger partial charge in [0.05, 0.1) is 9.90 Å². The lowest BCUT2D eigenvalue weighted by atomic mass is 10.1. The number of carbonyl (C=O) groups is 1. The summed E-state index contributed by atoms with van der Waals surface area (Å²) in [6, 6.07) is 12.0. The molecule has 2 heterocycles. The fraction of sp³-hybridized carbons (Fsp3) is 0. The van der Waals surface area contributed by atoms with Crippen LogP contribution in [0.3, 0.4) is 0 Å². The van der Waals surface area contributed by atoms with E-state index in [-0.39, 0.29) is 11.6 Å². The van der Waals surface area contributed by atoms with Crippen LogP contribution in [0.4, 0.5) is 4.39 Å². The molecule has 5 heteroatoms. The zero-order chi connectivity index (χ0) is 15.3. The maximum atomic E-state index is 13.3. The molecule has 1 nitrogen and oxygen atoms in total. The molecule has 0 spiro atoms. The first-order chi connectivity index (χ1) is 10.6. The summed E-state index contributed by atoms with van der Waals surface area (Å²) in [5.41, 5.74) is 0.632. The minimum absolute atomic E-state index is 0.115. The fourth-order valence-electron chi connectivity index (χ4n) is 2.50. The van der Waals surface area contributed by atoms with Crippen LogP contribution in [0.2, 0.25) is 5.02 Å². The Morgan fingerprint density at radius 1 is 1.05 bits per heavy atom. The number of carbonyl (C=O) groups excluding carboxylic acids is 1. The molecule has 108 valence electrons. The SMILES string of the molecule is O=C(c1sc2cc(F)ccc2c1Cl)c1cccc2sccc12. The highest BCUT2D eigenvalue weighted by Gasteiger charge is 2.20. The van der Waals surface area contributed by atoms with E-state index in [1.165, 1.54) is 23.5 Å². The predicted octanol–water partition coefficient (Wildman–Crippen LogP) is 6.14. The van der Waals surface area contributed by atoms with Gasteiger partial charge >= 0.3 is 0 Å². The van der Waals surface area contributed by atoms with Crippen LogP contribution in [0.5, 0.6) is 0 Å². The largest absolute Gasteiger partial charge is 0.288 e. The normalized spacial score (nSPS) is 11.4. The van der Waals surface area contributed by atoms with Crippen molar-refractivity contribution in [3.63, 3.8) is 0 Å². The van der Waals surface area contributed by atoms with Gasteiger partial charge in [0.25, 0.3) is 0 Å². The first-order valence-electron chi connectivity index (χ1n) is 6.53. The van der Waals surface area contributed by atoms with Gasteiger partial charge in [0, 0.05) is 25.7 Å². The number of halogens is 2. The van der Waals surface area contributed by atoms with Crippen molar-refractivity contribution in [1.82, 2.24) is 0 Å². The summed E-state index contributed by atoms with van der Waals surface area (Å²) >= 11 is 9.18. The van der Waals surface area contributed by atoms with Crippen LogP contribution in [0, 0.1) is 5.82 Å². The van der Waals surface area contributed by atoms with Crippen molar-refractivity contribution in [2.75, 3.05) is 0 Å². The van der Waals surface area contributed by atoms with Crippen LogP contribution in [-0.4, -0.2) is 5.78 Å². The van der Waals surface area contributed by atoms with Crippen molar-refractivity contribution in [3.05, 3.63) is 69.1 Å². The van der Waals surface area contributed by atoms with Crippen LogP contribution >= 0.6 is 34.3 Å². The van der Waals surface area contributed by atoms with Gasteiger partial charge < -0.3 is 0 Å². The van der Waals surface area contributed by atoms with Gasteiger partial charge in [0.15, 0.2) is 0 Å². The molecule has 4 aromatic rings. The Hall–Kier alpha value is -1.75. The molecule has 2 aromatic carbocycles. The molecule has 0 unspecified atom stereocenters. The van der Waals surface area contributed by atoms with E-state index in [9.17, 15) is 9.18 Å². The Kier molecular flexibility index (Phi) is 3.26. The standard InChI is InChI=1S/C17H8ClFOS2/c18-15-12-5-4-9(19)8-14(12)22-17(15)16(20)11-2-1-3-13-10(11)6-7-21-13/h1-8H. The summed E-state index contributed by atoms with van der Waals surface area (Å²) in [6.07, 6.45) is 0. The van der Waals surface area contributed by atoms with Gasteiger partial charge in [-0.3, -0.25) is 4.79 Å². The highest BCUT2D eigenvalue weighted by Crippen LogP contribution is 2.38. The van der Waals surface area contributed by atoms with E-state index in [0.29, 0.717) is 25.5 Å². The monoisotopic (exact) mass is 346 g/mol. The molecule has 0 bridgehead atoms. The highest BCUT2D eigenvalue weighted by molar-refractivity contribution is 7.22. The number of rotatable bonds is 2. The summed E-state index contributed by atoms with van der Waals surface area (Å²) in [4.78, 5) is 13.3. The number of hydrogen-bond acceptors (Lipinski definition) is 3. The van der Waals surface area contributed by atoms with Crippen molar-refractivity contribution in [2.24, 2.45) is 0 Å². The van der Waals surface area contributed by atoms with Gasteiger partial charge in [-0.15, -0.1) is 22.7 Å². The molecule has 0 N–H and O–H groups in total. The smallest absolute Gasteiger partial charge is 0.205 e. The molecule has 0 aliphatic carbocycles. The number of thiophene rings is 2. The molecule has 2 aromatic heterocycles. The highest BCUT2D eigenvalue weighted by atomic mass is 35.5. The Morgan fingerprint density at radius 2 is 1.91 bits per heavy atom. The second kappa shape index (κ2) is 5.16. The van der Waals surface area contributed by atoms with Crippen molar-refractivity contribution < 1.29 is 9.18 Å². The molecule has 0 aliphatic heterocycles. The summed E-state index contributed by atoms with van der Waals surface area (Å²) in [5, 5.41) is 4.01. The van der Waals surface area contributed by atoms with Crippen LogP contribution in [0.15, 0.2) is 47.8 Å². The molecule has 0 amide bonds. The quantitative estimate of drug-likeness (QED) is 0.398. The van der Waals surface area contributed by atoms with Crippen LogP contribution in [0.1, 0.15) is 15.2 Å². The van der Waals surface area contributed by atoms with Crippen LogP contribution in [-0.2, 0) is 0 Å². The Bertz CT molecular complexity index is 1030. The summed E-state index contributed by atoms with van der Waals surface area (Å²) in [5.74, 6) is -0.444. The number of fused-ring (bicyclic) bond motifs is 2. The molecule has 0 aliphatic rings. The third-order valence-corrected chi connectivity index (χ3v) is 6.08. The van der Waals surface area contributed by atoms with Crippen LogP contribution < -0.4 is 0 Å². The van der Waals surface area contributed by atoms with Gasteiger partial charge in [-0.2, -0.15) is 0 Å². The number of hydrogen-bond donors (Lipinski definition) is 0. The minimum atomic E-state index is -0.329. The maximum absolute atomic E-state index is 13.3. The van der Waals surface area contributed by atoms with Crippen molar-refractivity contribution in [3.8, 4) is 0 Å². The van der Waals surface area contributed by atoms with Crippen molar-refractivity contribution in [2.45, 2.75) is 0 Å². The van der Waals surface area contributed by atoms with E-state index in [1.54, 1.807) is 23.5 Å². The van der Waals surface area contributed by atoms with Gasteiger partial charge in [0.2, 0.25) is 5.78 Å². The van der Waals surface area contributed by atoms with Crippen molar-refractivity contribution >= 4 is 60.2 Å².